The van der Waals surface area contributed by atoms with Gasteiger partial charge >= 0.3 is 0 Å². The first-order valence-electron chi connectivity index (χ1n) is 8.03. The van der Waals surface area contributed by atoms with Crippen molar-refractivity contribution in [1.82, 2.24) is 0 Å². The van der Waals surface area contributed by atoms with Gasteiger partial charge in [0.15, 0.2) is 0 Å². The monoisotopic (exact) mass is 425 g/mol. The van der Waals surface area contributed by atoms with Crippen molar-refractivity contribution in [2.45, 2.75) is 25.8 Å². The Labute approximate surface area is 158 Å². The SMILES string of the molecule is COc1cccc(C(C)[N+](C)(C)CCCc2ccccc2)c1.[I-]. The summed E-state index contributed by atoms with van der Waals surface area (Å²) in [5.74, 6) is 0.939. The number of hydrogen-bond donors (Lipinski definition) is 0. The quantitative estimate of drug-likeness (QED) is 0.483. The fourth-order valence-electron chi connectivity index (χ4n) is 2.83. The summed E-state index contributed by atoms with van der Waals surface area (Å²) in [7, 11) is 6.36. The van der Waals surface area contributed by atoms with Crippen LogP contribution >= 0.6 is 0 Å². The minimum atomic E-state index is 0. The summed E-state index contributed by atoms with van der Waals surface area (Å²) in [6.45, 7) is 3.46. The summed E-state index contributed by atoms with van der Waals surface area (Å²) in [5.41, 5.74) is 2.76. The second-order valence-electron chi connectivity index (χ2n) is 6.54. The Morgan fingerprint density at radius 1 is 1.00 bits per heavy atom. The number of rotatable bonds is 7. The average Bonchev–Trinajstić information content (AvgIpc) is 2.55. The molecule has 0 aliphatic rings. The molecule has 0 aliphatic heterocycles. The smallest absolute Gasteiger partial charge is 0.119 e. The van der Waals surface area contributed by atoms with Crippen molar-refractivity contribution >= 4 is 0 Å². The minimum absolute atomic E-state index is 0. The highest BCUT2D eigenvalue weighted by molar-refractivity contribution is 5.29. The van der Waals surface area contributed by atoms with Gasteiger partial charge < -0.3 is 33.2 Å². The van der Waals surface area contributed by atoms with E-state index >= 15 is 0 Å². The maximum Gasteiger partial charge on any atom is 0.119 e. The first kappa shape index (κ1) is 20.0. The third-order valence-corrected chi connectivity index (χ3v) is 4.67. The molecule has 1 atom stereocenters. The van der Waals surface area contributed by atoms with E-state index in [0.717, 1.165) is 23.2 Å². The molecule has 0 fully saturated rings. The van der Waals surface area contributed by atoms with Crippen LogP contribution in [0.1, 0.15) is 30.5 Å². The van der Waals surface area contributed by atoms with Crippen molar-refractivity contribution in [3.05, 3.63) is 65.7 Å². The molecule has 0 radical (unpaired) electrons. The third kappa shape index (κ3) is 5.81. The largest absolute Gasteiger partial charge is 1.00 e. The van der Waals surface area contributed by atoms with Crippen LogP contribution < -0.4 is 28.7 Å². The van der Waals surface area contributed by atoms with Gasteiger partial charge in [0.2, 0.25) is 0 Å². The number of nitrogens with zero attached hydrogens (tertiary/aromatic N) is 1. The second-order valence-corrected chi connectivity index (χ2v) is 6.54. The molecule has 0 aliphatic carbocycles. The molecule has 0 saturated carbocycles. The summed E-state index contributed by atoms with van der Waals surface area (Å²) in [5, 5.41) is 0. The Hall–Kier alpha value is -1.07. The van der Waals surface area contributed by atoms with Crippen molar-refractivity contribution in [3.8, 4) is 5.75 Å². The zero-order valence-electron chi connectivity index (χ0n) is 14.6. The van der Waals surface area contributed by atoms with Crippen LogP contribution in [0.2, 0.25) is 0 Å². The molecule has 0 heterocycles. The van der Waals surface area contributed by atoms with Gasteiger partial charge in [-0.3, -0.25) is 0 Å². The zero-order chi connectivity index (χ0) is 16.0. The van der Waals surface area contributed by atoms with Crippen LogP contribution in [-0.2, 0) is 6.42 Å². The Morgan fingerprint density at radius 3 is 2.35 bits per heavy atom. The van der Waals surface area contributed by atoms with Crippen molar-refractivity contribution in [2.75, 3.05) is 27.7 Å². The van der Waals surface area contributed by atoms with Gasteiger partial charge in [-0.1, -0.05) is 42.5 Å². The molecule has 2 rings (SSSR count). The van der Waals surface area contributed by atoms with E-state index in [9.17, 15) is 0 Å². The van der Waals surface area contributed by atoms with Crippen LogP contribution in [0.15, 0.2) is 54.6 Å². The fourth-order valence-corrected chi connectivity index (χ4v) is 2.83. The van der Waals surface area contributed by atoms with Gasteiger partial charge in [-0.2, -0.15) is 0 Å². The van der Waals surface area contributed by atoms with E-state index in [1.165, 1.54) is 17.5 Å². The predicted octanol–water partition coefficient (Wildman–Crippen LogP) is 1.47. The molecule has 3 heteroatoms. The van der Waals surface area contributed by atoms with Crippen LogP contribution in [-0.4, -0.2) is 32.2 Å². The Kier molecular flexibility index (Phi) is 8.06. The lowest BCUT2D eigenvalue weighted by atomic mass is 10.0. The van der Waals surface area contributed by atoms with E-state index in [4.69, 9.17) is 4.74 Å². The summed E-state index contributed by atoms with van der Waals surface area (Å²) in [6, 6.07) is 19.6. The van der Waals surface area contributed by atoms with Crippen LogP contribution in [0.5, 0.6) is 5.75 Å². The van der Waals surface area contributed by atoms with Crippen LogP contribution in [0.4, 0.5) is 0 Å². The van der Waals surface area contributed by atoms with E-state index < -0.39 is 0 Å². The molecule has 126 valence electrons. The standard InChI is InChI=1S/C20H28NO.HI/c1-17(19-13-8-14-20(16-19)22-4)21(2,3)15-9-12-18-10-6-5-7-11-18;/h5-8,10-11,13-14,16-17H,9,12,15H2,1-4H3;1H/q+1;/p-1. The number of hydrogen-bond acceptors (Lipinski definition) is 1. The van der Waals surface area contributed by atoms with Gasteiger partial charge in [-0.25, -0.2) is 0 Å². The lowest BCUT2D eigenvalue weighted by molar-refractivity contribution is -0.919. The summed E-state index contributed by atoms with van der Waals surface area (Å²) in [4.78, 5) is 0. The van der Waals surface area contributed by atoms with Crippen molar-refractivity contribution < 1.29 is 33.2 Å². The molecule has 0 saturated heterocycles. The van der Waals surface area contributed by atoms with Gasteiger partial charge in [0, 0.05) is 12.0 Å². The first-order chi connectivity index (χ1) is 10.5. The highest BCUT2D eigenvalue weighted by atomic mass is 127. The van der Waals surface area contributed by atoms with Crippen LogP contribution in [0.25, 0.3) is 0 Å². The summed E-state index contributed by atoms with van der Waals surface area (Å²) in [6.07, 6.45) is 2.35. The van der Waals surface area contributed by atoms with Crippen molar-refractivity contribution in [1.29, 1.82) is 0 Å². The maximum absolute atomic E-state index is 5.35. The number of methoxy groups -OCH3 is 1. The molecule has 23 heavy (non-hydrogen) atoms. The van der Waals surface area contributed by atoms with Gasteiger partial charge in [-0.15, -0.1) is 0 Å². The zero-order valence-corrected chi connectivity index (χ0v) is 16.8. The molecule has 0 N–H and O–H groups in total. The molecule has 2 aromatic rings. The molecule has 0 amide bonds. The Morgan fingerprint density at radius 2 is 1.70 bits per heavy atom. The lowest BCUT2D eigenvalue weighted by Crippen LogP contribution is -3.00. The van der Waals surface area contributed by atoms with Crippen molar-refractivity contribution in [3.63, 3.8) is 0 Å². The van der Waals surface area contributed by atoms with E-state index in [1.807, 2.05) is 6.07 Å². The van der Waals surface area contributed by atoms with Gasteiger partial charge in [-0.05, 0) is 31.0 Å². The Balaban J connectivity index is 0.00000264. The summed E-state index contributed by atoms with van der Waals surface area (Å²) >= 11 is 0. The van der Waals surface area contributed by atoms with Crippen LogP contribution in [0, 0.1) is 0 Å². The number of halogens is 1. The predicted molar refractivity (Wildman–Crippen MR) is 93.1 cm³/mol. The molecule has 1 unspecified atom stereocenters. The van der Waals surface area contributed by atoms with E-state index in [0.29, 0.717) is 6.04 Å². The molecule has 0 bridgehead atoms. The molecule has 0 aromatic heterocycles. The normalized spacial score (nSPS) is 12.3. The molecular formula is C20H28INO. The molecule has 2 aromatic carbocycles. The van der Waals surface area contributed by atoms with E-state index in [2.05, 4.69) is 69.6 Å². The number of quaternary nitrogens is 1. The highest BCUT2D eigenvalue weighted by Crippen LogP contribution is 2.27. The van der Waals surface area contributed by atoms with Gasteiger partial charge in [0.25, 0.3) is 0 Å². The first-order valence-corrected chi connectivity index (χ1v) is 8.03. The number of aryl methyl sites for hydroxylation is 1. The van der Waals surface area contributed by atoms with Crippen LogP contribution in [0.3, 0.4) is 0 Å². The number of benzene rings is 2. The topological polar surface area (TPSA) is 9.23 Å². The maximum atomic E-state index is 5.35. The van der Waals surface area contributed by atoms with E-state index in [1.54, 1.807) is 7.11 Å². The molecule has 2 nitrogen and oxygen atoms in total. The fraction of sp³-hybridized carbons (Fsp3) is 0.400. The van der Waals surface area contributed by atoms with Crippen molar-refractivity contribution in [2.24, 2.45) is 0 Å². The second kappa shape index (κ2) is 9.28. The average molecular weight is 425 g/mol. The molecule has 0 spiro atoms. The summed E-state index contributed by atoms with van der Waals surface area (Å²) < 4.78 is 6.34. The number of ether oxygens (including phenoxy) is 1. The Bertz CT molecular complexity index is 583. The van der Waals surface area contributed by atoms with Gasteiger partial charge in [0.05, 0.1) is 27.7 Å². The third-order valence-electron chi connectivity index (χ3n) is 4.67. The lowest BCUT2D eigenvalue weighted by Gasteiger charge is -2.36. The highest BCUT2D eigenvalue weighted by Gasteiger charge is 2.25. The van der Waals surface area contributed by atoms with E-state index in [-0.39, 0.29) is 24.0 Å². The van der Waals surface area contributed by atoms with Gasteiger partial charge in [0.1, 0.15) is 11.8 Å². The molecular weight excluding hydrogens is 397 g/mol. The minimum Gasteiger partial charge on any atom is -1.00 e.